The van der Waals surface area contributed by atoms with Crippen LogP contribution in [0.3, 0.4) is 0 Å². The van der Waals surface area contributed by atoms with Crippen molar-refractivity contribution in [3.05, 3.63) is 30.0 Å². The Morgan fingerprint density at radius 2 is 1.62 bits per heavy atom. The molecule has 0 bridgehead atoms. The summed E-state index contributed by atoms with van der Waals surface area (Å²) < 4.78 is 2.37. The fourth-order valence-corrected chi connectivity index (χ4v) is 5.34. The van der Waals surface area contributed by atoms with E-state index in [0.717, 1.165) is 43.1 Å². The third-order valence-electron chi connectivity index (χ3n) is 7.34. The molecular formula is C24H35N5. The second-order valence-electron chi connectivity index (χ2n) is 9.73. The summed E-state index contributed by atoms with van der Waals surface area (Å²) in [6.45, 7) is 0. The first-order valence-corrected chi connectivity index (χ1v) is 11.9. The minimum Gasteiger partial charge on any atom is -0.328 e. The summed E-state index contributed by atoms with van der Waals surface area (Å²) in [4.78, 5) is 9.62. The van der Waals surface area contributed by atoms with Crippen LogP contribution in [-0.2, 0) is 12.8 Å². The van der Waals surface area contributed by atoms with Crippen molar-refractivity contribution in [1.82, 2.24) is 19.7 Å². The van der Waals surface area contributed by atoms with Crippen molar-refractivity contribution in [2.24, 2.45) is 17.6 Å². The Labute approximate surface area is 174 Å². The van der Waals surface area contributed by atoms with Gasteiger partial charge in [-0.05, 0) is 75.7 Å². The average Bonchev–Trinajstić information content (AvgIpc) is 3.48. The van der Waals surface area contributed by atoms with E-state index in [4.69, 9.17) is 15.8 Å². The molecule has 0 amide bonds. The molecule has 3 fully saturated rings. The van der Waals surface area contributed by atoms with Crippen LogP contribution in [0.15, 0.2) is 18.5 Å². The maximum atomic E-state index is 6.08. The lowest BCUT2D eigenvalue weighted by Crippen LogP contribution is -2.27. The van der Waals surface area contributed by atoms with Gasteiger partial charge in [-0.3, -0.25) is 4.68 Å². The molecule has 2 N–H and O–H groups in total. The molecule has 5 nitrogen and oxygen atoms in total. The van der Waals surface area contributed by atoms with Crippen LogP contribution in [0.5, 0.6) is 0 Å². The smallest absolute Gasteiger partial charge is 0.129 e. The molecule has 0 radical (unpaired) electrons. The first-order chi connectivity index (χ1) is 14.3. The number of aromatic nitrogens is 4. The van der Waals surface area contributed by atoms with Crippen LogP contribution in [0.4, 0.5) is 0 Å². The Bertz CT molecular complexity index is 810. The molecule has 2 heterocycles. The summed E-state index contributed by atoms with van der Waals surface area (Å²) in [5.74, 6) is 2.52. The molecule has 2 aromatic rings. The molecule has 0 spiro atoms. The van der Waals surface area contributed by atoms with Crippen molar-refractivity contribution in [3.8, 4) is 11.3 Å². The molecular weight excluding hydrogens is 358 g/mol. The Hall–Kier alpha value is -1.75. The van der Waals surface area contributed by atoms with E-state index in [-0.39, 0.29) is 0 Å². The zero-order chi connectivity index (χ0) is 19.6. The third-order valence-corrected chi connectivity index (χ3v) is 7.34. The molecule has 0 saturated heterocycles. The lowest BCUT2D eigenvalue weighted by atomic mass is 9.84. The third kappa shape index (κ3) is 4.55. The van der Waals surface area contributed by atoms with Crippen LogP contribution in [0.2, 0.25) is 0 Å². The normalized spacial score (nSPS) is 26.0. The van der Waals surface area contributed by atoms with Crippen molar-refractivity contribution in [2.75, 3.05) is 0 Å². The summed E-state index contributed by atoms with van der Waals surface area (Å²) in [5, 5.41) is 4.89. The molecule has 0 unspecified atom stereocenters. The van der Waals surface area contributed by atoms with E-state index in [1.165, 1.54) is 69.0 Å². The Morgan fingerprint density at radius 1 is 0.897 bits per heavy atom. The fraction of sp³-hybridized carbons (Fsp3) is 0.708. The quantitative estimate of drug-likeness (QED) is 0.761. The standard InChI is InChI=1S/C24H35N5/c25-19-10-8-18(9-11-19)15-24-26-13-12-22(28-24)21-16-27-29(20-4-2-1-3-5-20)23(21)14-17-6-7-17/h12-13,16-20H,1-11,14-15,25H2. The Balaban J connectivity index is 1.39. The van der Waals surface area contributed by atoms with E-state index < -0.39 is 0 Å². The maximum absolute atomic E-state index is 6.08. The highest BCUT2D eigenvalue weighted by atomic mass is 15.3. The van der Waals surface area contributed by atoms with Gasteiger partial charge in [0.05, 0.1) is 17.9 Å². The van der Waals surface area contributed by atoms with E-state index in [1.807, 2.05) is 6.20 Å². The molecule has 3 saturated carbocycles. The van der Waals surface area contributed by atoms with Crippen molar-refractivity contribution >= 4 is 0 Å². The lowest BCUT2D eigenvalue weighted by Gasteiger charge is -2.25. The van der Waals surface area contributed by atoms with Gasteiger partial charge in [0.1, 0.15) is 5.82 Å². The monoisotopic (exact) mass is 393 g/mol. The molecule has 29 heavy (non-hydrogen) atoms. The van der Waals surface area contributed by atoms with Crippen molar-refractivity contribution in [1.29, 1.82) is 0 Å². The van der Waals surface area contributed by atoms with Gasteiger partial charge < -0.3 is 5.73 Å². The summed E-state index contributed by atoms with van der Waals surface area (Å²) in [7, 11) is 0. The molecule has 5 rings (SSSR count). The summed E-state index contributed by atoms with van der Waals surface area (Å²) in [6.07, 6.45) is 20.2. The second kappa shape index (κ2) is 8.55. The zero-order valence-corrected chi connectivity index (χ0v) is 17.6. The highest BCUT2D eigenvalue weighted by Gasteiger charge is 2.29. The molecule has 5 heteroatoms. The number of nitrogens with zero attached hydrogens (tertiary/aromatic N) is 4. The summed E-state index contributed by atoms with van der Waals surface area (Å²) in [6, 6.07) is 3.06. The topological polar surface area (TPSA) is 69.6 Å². The van der Waals surface area contributed by atoms with Crippen LogP contribution < -0.4 is 5.73 Å². The van der Waals surface area contributed by atoms with Crippen LogP contribution in [0.1, 0.15) is 88.2 Å². The molecule has 0 atom stereocenters. The van der Waals surface area contributed by atoms with Crippen LogP contribution in [-0.4, -0.2) is 25.8 Å². The van der Waals surface area contributed by atoms with E-state index in [1.54, 1.807) is 0 Å². The van der Waals surface area contributed by atoms with Crippen molar-refractivity contribution in [2.45, 2.75) is 95.6 Å². The van der Waals surface area contributed by atoms with Crippen molar-refractivity contribution < 1.29 is 0 Å². The highest BCUT2D eigenvalue weighted by molar-refractivity contribution is 5.61. The van der Waals surface area contributed by atoms with Gasteiger partial charge in [0.2, 0.25) is 0 Å². The fourth-order valence-electron chi connectivity index (χ4n) is 5.34. The van der Waals surface area contributed by atoms with E-state index in [9.17, 15) is 0 Å². The second-order valence-corrected chi connectivity index (χ2v) is 9.73. The molecule has 3 aliphatic rings. The van der Waals surface area contributed by atoms with Gasteiger partial charge in [0, 0.05) is 29.9 Å². The highest BCUT2D eigenvalue weighted by Crippen LogP contribution is 2.38. The largest absolute Gasteiger partial charge is 0.328 e. The predicted octanol–water partition coefficient (Wildman–Crippen LogP) is 4.86. The SMILES string of the molecule is NC1CCC(Cc2nccc(-c3cnn(C4CCCCC4)c3CC3CC3)n2)CC1. The molecule has 2 aromatic heterocycles. The molecule has 156 valence electrons. The van der Waals surface area contributed by atoms with E-state index >= 15 is 0 Å². The van der Waals surface area contributed by atoms with E-state index in [0.29, 0.717) is 18.0 Å². The lowest BCUT2D eigenvalue weighted by molar-refractivity contribution is 0.320. The van der Waals surface area contributed by atoms with Gasteiger partial charge in [-0.25, -0.2) is 9.97 Å². The summed E-state index contributed by atoms with van der Waals surface area (Å²) >= 11 is 0. The predicted molar refractivity (Wildman–Crippen MR) is 115 cm³/mol. The van der Waals surface area contributed by atoms with Gasteiger partial charge in [-0.2, -0.15) is 5.10 Å². The number of hydrogen-bond acceptors (Lipinski definition) is 4. The van der Waals surface area contributed by atoms with Gasteiger partial charge in [-0.15, -0.1) is 0 Å². The van der Waals surface area contributed by atoms with Crippen LogP contribution in [0, 0.1) is 11.8 Å². The first kappa shape index (κ1) is 19.2. The average molecular weight is 394 g/mol. The number of nitrogens with two attached hydrogens (primary N) is 1. The van der Waals surface area contributed by atoms with Gasteiger partial charge in [0.25, 0.3) is 0 Å². The molecule has 0 aliphatic heterocycles. The number of hydrogen-bond donors (Lipinski definition) is 1. The van der Waals surface area contributed by atoms with Gasteiger partial charge in [-0.1, -0.05) is 19.3 Å². The first-order valence-electron chi connectivity index (χ1n) is 11.9. The molecule has 0 aromatic carbocycles. The van der Waals surface area contributed by atoms with Gasteiger partial charge in [0.15, 0.2) is 0 Å². The summed E-state index contributed by atoms with van der Waals surface area (Å²) in [5.41, 5.74) is 9.82. The van der Waals surface area contributed by atoms with E-state index in [2.05, 4.69) is 21.9 Å². The minimum atomic E-state index is 0.397. The Kier molecular flexibility index (Phi) is 5.67. The van der Waals surface area contributed by atoms with Gasteiger partial charge >= 0.3 is 0 Å². The molecule has 3 aliphatic carbocycles. The van der Waals surface area contributed by atoms with Crippen molar-refractivity contribution in [3.63, 3.8) is 0 Å². The van der Waals surface area contributed by atoms with Crippen LogP contribution >= 0.6 is 0 Å². The zero-order valence-electron chi connectivity index (χ0n) is 17.6. The maximum Gasteiger partial charge on any atom is 0.129 e. The minimum absolute atomic E-state index is 0.397. The Morgan fingerprint density at radius 3 is 2.38 bits per heavy atom. The number of rotatable bonds is 6. The van der Waals surface area contributed by atoms with Crippen LogP contribution in [0.25, 0.3) is 11.3 Å².